The minimum atomic E-state index is -3.55. The van der Waals surface area contributed by atoms with E-state index in [2.05, 4.69) is 18.8 Å². The highest BCUT2D eigenvalue weighted by molar-refractivity contribution is 7.99. The summed E-state index contributed by atoms with van der Waals surface area (Å²) in [4.78, 5) is 4.69. The van der Waals surface area contributed by atoms with Gasteiger partial charge in [0.1, 0.15) is 0 Å². The second kappa shape index (κ2) is 7.89. The van der Waals surface area contributed by atoms with Gasteiger partial charge in [0.05, 0.1) is 17.1 Å². The minimum absolute atomic E-state index is 0.0294. The molecule has 1 fully saturated rings. The number of rotatable bonds is 6. The third-order valence-corrected chi connectivity index (χ3v) is 7.57. The zero-order chi connectivity index (χ0) is 17.9. The Morgan fingerprint density at radius 1 is 1.20 bits per heavy atom. The van der Waals surface area contributed by atoms with Crippen LogP contribution in [0.4, 0.5) is 0 Å². The molecule has 3 rings (SSSR count). The van der Waals surface area contributed by atoms with Crippen LogP contribution in [0.5, 0.6) is 0 Å². The molecule has 0 bridgehead atoms. The summed E-state index contributed by atoms with van der Waals surface area (Å²) in [5.74, 6) is 2.23. The standard InChI is InChI=1S/C19H24N2O2S2/c1-15(2)16-6-8-19(9-7-16)25(22,23)21(18-10-12-24-14-18)13-17-5-3-4-11-20-17/h3-9,11,15,18H,10,12-14H2,1-2H3/t18-/m0/s1. The number of benzene rings is 1. The molecule has 6 heteroatoms. The van der Waals surface area contributed by atoms with Crippen molar-refractivity contribution in [2.45, 2.75) is 43.7 Å². The van der Waals surface area contributed by atoms with Crippen molar-refractivity contribution in [3.05, 3.63) is 59.9 Å². The van der Waals surface area contributed by atoms with Gasteiger partial charge in [0.2, 0.25) is 10.0 Å². The zero-order valence-corrected chi connectivity index (χ0v) is 16.3. The average molecular weight is 377 g/mol. The second-order valence-corrected chi connectivity index (χ2v) is 9.65. The molecule has 0 saturated carbocycles. The van der Waals surface area contributed by atoms with Crippen molar-refractivity contribution in [2.75, 3.05) is 11.5 Å². The van der Waals surface area contributed by atoms with Crippen LogP contribution in [0.2, 0.25) is 0 Å². The van der Waals surface area contributed by atoms with Crippen molar-refractivity contribution in [1.82, 2.24) is 9.29 Å². The summed E-state index contributed by atoms with van der Waals surface area (Å²) >= 11 is 1.81. The molecule has 1 aliphatic heterocycles. The molecule has 1 aromatic carbocycles. The summed E-state index contributed by atoms with van der Waals surface area (Å²) < 4.78 is 28.2. The summed E-state index contributed by atoms with van der Waals surface area (Å²) in [6.45, 7) is 4.53. The van der Waals surface area contributed by atoms with E-state index >= 15 is 0 Å². The Hall–Kier alpha value is -1.37. The highest BCUT2D eigenvalue weighted by Crippen LogP contribution is 2.29. The third-order valence-electron chi connectivity index (χ3n) is 4.51. The summed E-state index contributed by atoms with van der Waals surface area (Å²) in [5, 5.41) is 0. The Labute approximate surface area is 154 Å². The fourth-order valence-electron chi connectivity index (χ4n) is 2.97. The van der Waals surface area contributed by atoms with Crippen LogP contribution in [0.25, 0.3) is 0 Å². The van der Waals surface area contributed by atoms with Gasteiger partial charge in [-0.2, -0.15) is 16.1 Å². The van der Waals surface area contributed by atoms with Crippen LogP contribution in [0.15, 0.2) is 53.6 Å². The van der Waals surface area contributed by atoms with Gasteiger partial charge in [-0.3, -0.25) is 4.98 Å². The number of thioether (sulfide) groups is 1. The Bertz CT molecular complexity index is 784. The number of hydrogen-bond donors (Lipinski definition) is 0. The Balaban J connectivity index is 1.92. The summed E-state index contributed by atoms with van der Waals surface area (Å²) in [5.41, 5.74) is 1.92. The van der Waals surface area contributed by atoms with Crippen LogP contribution < -0.4 is 0 Å². The Kier molecular flexibility index (Phi) is 5.81. The molecule has 2 heterocycles. The van der Waals surface area contributed by atoms with Gasteiger partial charge in [0.25, 0.3) is 0 Å². The van der Waals surface area contributed by atoms with Crippen LogP contribution in [0.1, 0.15) is 37.4 Å². The maximum atomic E-state index is 13.3. The van der Waals surface area contributed by atoms with Gasteiger partial charge < -0.3 is 0 Å². The van der Waals surface area contributed by atoms with E-state index in [0.29, 0.717) is 17.4 Å². The lowest BCUT2D eigenvalue weighted by Gasteiger charge is -2.27. The van der Waals surface area contributed by atoms with Gasteiger partial charge in [-0.1, -0.05) is 32.0 Å². The van der Waals surface area contributed by atoms with Crippen LogP contribution >= 0.6 is 11.8 Å². The molecule has 0 amide bonds. The van der Waals surface area contributed by atoms with Crippen LogP contribution in [-0.4, -0.2) is 35.3 Å². The van der Waals surface area contributed by atoms with E-state index in [4.69, 9.17) is 0 Å². The van der Waals surface area contributed by atoms with Gasteiger partial charge >= 0.3 is 0 Å². The molecule has 4 nitrogen and oxygen atoms in total. The predicted octanol–water partition coefficient (Wildman–Crippen LogP) is 3.90. The molecule has 1 aromatic heterocycles. The van der Waals surface area contributed by atoms with Crippen molar-refractivity contribution >= 4 is 21.8 Å². The topological polar surface area (TPSA) is 50.3 Å². The van der Waals surface area contributed by atoms with Crippen molar-refractivity contribution in [3.63, 3.8) is 0 Å². The molecule has 134 valence electrons. The van der Waals surface area contributed by atoms with Crippen molar-refractivity contribution < 1.29 is 8.42 Å². The molecule has 1 saturated heterocycles. The molecule has 0 unspecified atom stereocenters. The molecule has 25 heavy (non-hydrogen) atoms. The molecular weight excluding hydrogens is 352 g/mol. The summed E-state index contributed by atoms with van der Waals surface area (Å²) in [7, 11) is -3.55. The van der Waals surface area contributed by atoms with E-state index in [1.807, 2.05) is 42.1 Å². The quantitative estimate of drug-likeness (QED) is 0.767. The van der Waals surface area contributed by atoms with E-state index in [1.165, 1.54) is 0 Å². The minimum Gasteiger partial charge on any atom is -0.260 e. The molecule has 0 N–H and O–H groups in total. The maximum absolute atomic E-state index is 13.3. The lowest BCUT2D eigenvalue weighted by molar-refractivity contribution is 0.331. The molecule has 2 aromatic rings. The fraction of sp³-hybridized carbons (Fsp3) is 0.421. The Morgan fingerprint density at radius 2 is 1.96 bits per heavy atom. The summed E-state index contributed by atoms with van der Waals surface area (Å²) in [6.07, 6.45) is 2.60. The van der Waals surface area contributed by atoms with Gasteiger partial charge in [-0.05, 0) is 47.9 Å². The van der Waals surface area contributed by atoms with Crippen LogP contribution in [-0.2, 0) is 16.6 Å². The monoisotopic (exact) mass is 376 g/mol. The van der Waals surface area contributed by atoms with E-state index in [1.54, 1.807) is 22.6 Å². The fourth-order valence-corrected chi connectivity index (χ4v) is 5.91. The van der Waals surface area contributed by atoms with Crippen molar-refractivity contribution in [2.24, 2.45) is 0 Å². The summed E-state index contributed by atoms with van der Waals surface area (Å²) in [6, 6.07) is 13.0. The first kappa shape index (κ1) is 18.4. The molecule has 1 atom stereocenters. The number of sulfonamides is 1. The normalized spacial score (nSPS) is 18.2. The molecule has 0 spiro atoms. The number of pyridine rings is 1. The first-order valence-corrected chi connectivity index (χ1v) is 11.2. The van der Waals surface area contributed by atoms with E-state index in [9.17, 15) is 8.42 Å². The van der Waals surface area contributed by atoms with Crippen molar-refractivity contribution in [3.8, 4) is 0 Å². The van der Waals surface area contributed by atoms with Gasteiger partial charge in [-0.15, -0.1) is 0 Å². The van der Waals surface area contributed by atoms with Gasteiger partial charge in [0.15, 0.2) is 0 Å². The molecular formula is C19H24N2O2S2. The highest BCUT2D eigenvalue weighted by atomic mass is 32.2. The van der Waals surface area contributed by atoms with E-state index in [-0.39, 0.29) is 6.04 Å². The zero-order valence-electron chi connectivity index (χ0n) is 14.6. The Morgan fingerprint density at radius 3 is 2.52 bits per heavy atom. The SMILES string of the molecule is CC(C)c1ccc(S(=O)(=O)N(Cc2ccccn2)[C@H]2CCSC2)cc1. The first-order chi connectivity index (χ1) is 12.0. The largest absolute Gasteiger partial charge is 0.260 e. The number of nitrogens with zero attached hydrogens (tertiary/aromatic N) is 2. The molecule has 1 aliphatic rings. The third kappa shape index (κ3) is 4.25. The van der Waals surface area contributed by atoms with Crippen LogP contribution in [0.3, 0.4) is 0 Å². The predicted molar refractivity (Wildman–Crippen MR) is 103 cm³/mol. The number of aromatic nitrogens is 1. The van der Waals surface area contributed by atoms with E-state index in [0.717, 1.165) is 29.2 Å². The van der Waals surface area contributed by atoms with Gasteiger partial charge in [-0.25, -0.2) is 8.42 Å². The van der Waals surface area contributed by atoms with Crippen LogP contribution in [0, 0.1) is 0 Å². The smallest absolute Gasteiger partial charge is 0.243 e. The highest BCUT2D eigenvalue weighted by Gasteiger charge is 2.33. The van der Waals surface area contributed by atoms with Gasteiger partial charge in [0, 0.05) is 18.0 Å². The lowest BCUT2D eigenvalue weighted by Crippen LogP contribution is -2.40. The van der Waals surface area contributed by atoms with Crippen molar-refractivity contribution in [1.29, 1.82) is 0 Å². The molecule has 0 aliphatic carbocycles. The number of hydrogen-bond acceptors (Lipinski definition) is 4. The average Bonchev–Trinajstić information content (AvgIpc) is 3.14. The first-order valence-electron chi connectivity index (χ1n) is 8.58. The van der Waals surface area contributed by atoms with E-state index < -0.39 is 10.0 Å². The maximum Gasteiger partial charge on any atom is 0.243 e. The second-order valence-electron chi connectivity index (χ2n) is 6.61. The lowest BCUT2D eigenvalue weighted by atomic mass is 10.0. The molecule has 0 radical (unpaired) electrons.